The van der Waals surface area contributed by atoms with Gasteiger partial charge in [0, 0.05) is 0 Å². The molecule has 0 unspecified atom stereocenters. The second kappa shape index (κ2) is 4.57. The monoisotopic (exact) mass is 232 g/mol. The van der Waals surface area contributed by atoms with Crippen LogP contribution in [0.15, 0.2) is 0 Å². The van der Waals surface area contributed by atoms with Crippen molar-refractivity contribution in [3.05, 3.63) is 0 Å². The maximum absolute atomic E-state index is 12.6. The molecule has 0 spiro atoms. The van der Waals surface area contributed by atoms with Crippen molar-refractivity contribution in [3.8, 4) is 0 Å². The molecule has 0 amide bonds. The Morgan fingerprint density at radius 3 is 2.20 bits per heavy atom. The molecule has 0 heterocycles. The second-order valence-electron chi connectivity index (χ2n) is 4.62. The Morgan fingerprint density at radius 1 is 1.13 bits per heavy atom. The molecule has 0 aromatic rings. The standard InChI is InChI=1S/C11H21O3P/c1-3-13-15(12,14-4-2)11-8-9-5-6-10(11)7-9/h9-11H,3-8H2,1-2H3/t9-,10+,11+/m1/s1. The SMILES string of the molecule is CCOP(=O)(OCC)[C@H]1C[C@@H]2CC[C@H]1C2. The van der Waals surface area contributed by atoms with Crippen molar-refractivity contribution in [2.75, 3.05) is 13.2 Å². The molecular weight excluding hydrogens is 211 g/mol. The minimum Gasteiger partial charge on any atom is -0.309 e. The van der Waals surface area contributed by atoms with Crippen LogP contribution in [0.25, 0.3) is 0 Å². The molecular formula is C11H21O3P. The summed E-state index contributed by atoms with van der Waals surface area (Å²) in [7, 11) is -2.81. The van der Waals surface area contributed by atoms with E-state index in [1.807, 2.05) is 13.8 Å². The molecule has 2 fully saturated rings. The van der Waals surface area contributed by atoms with Gasteiger partial charge in [-0.15, -0.1) is 0 Å². The van der Waals surface area contributed by atoms with Crippen LogP contribution in [-0.4, -0.2) is 18.9 Å². The molecule has 2 aliphatic carbocycles. The van der Waals surface area contributed by atoms with Crippen molar-refractivity contribution < 1.29 is 13.6 Å². The van der Waals surface area contributed by atoms with E-state index >= 15 is 0 Å². The quantitative estimate of drug-likeness (QED) is 0.681. The van der Waals surface area contributed by atoms with E-state index in [4.69, 9.17) is 9.05 Å². The van der Waals surface area contributed by atoms with Gasteiger partial charge in [0.05, 0.1) is 18.9 Å². The maximum atomic E-state index is 12.6. The average molecular weight is 232 g/mol. The molecule has 4 heteroatoms. The lowest BCUT2D eigenvalue weighted by molar-refractivity contribution is 0.203. The van der Waals surface area contributed by atoms with Crippen molar-refractivity contribution in [2.45, 2.75) is 45.2 Å². The van der Waals surface area contributed by atoms with Crippen molar-refractivity contribution in [1.29, 1.82) is 0 Å². The van der Waals surface area contributed by atoms with Gasteiger partial charge in [-0.2, -0.15) is 0 Å². The topological polar surface area (TPSA) is 35.5 Å². The van der Waals surface area contributed by atoms with Gasteiger partial charge >= 0.3 is 7.60 Å². The lowest BCUT2D eigenvalue weighted by Gasteiger charge is -2.29. The summed E-state index contributed by atoms with van der Waals surface area (Å²) in [4.78, 5) is 0. The van der Waals surface area contributed by atoms with E-state index in [1.54, 1.807) is 0 Å². The van der Waals surface area contributed by atoms with E-state index in [-0.39, 0.29) is 5.66 Å². The number of hydrogen-bond acceptors (Lipinski definition) is 3. The predicted molar refractivity (Wildman–Crippen MR) is 60.1 cm³/mol. The second-order valence-corrected chi connectivity index (χ2v) is 6.88. The molecule has 3 nitrogen and oxygen atoms in total. The smallest absolute Gasteiger partial charge is 0.309 e. The van der Waals surface area contributed by atoms with Crippen molar-refractivity contribution >= 4 is 7.60 Å². The van der Waals surface area contributed by atoms with Gasteiger partial charge in [0.1, 0.15) is 0 Å². The normalized spacial score (nSPS) is 34.9. The molecule has 3 atom stereocenters. The van der Waals surface area contributed by atoms with E-state index in [0.717, 1.165) is 12.3 Å². The fourth-order valence-electron chi connectivity index (χ4n) is 3.19. The van der Waals surface area contributed by atoms with Crippen molar-refractivity contribution in [1.82, 2.24) is 0 Å². The summed E-state index contributed by atoms with van der Waals surface area (Å²) in [5.41, 5.74) is 0.191. The fourth-order valence-corrected chi connectivity index (χ4v) is 5.71. The number of rotatable bonds is 5. The van der Waals surface area contributed by atoms with Crippen molar-refractivity contribution in [2.24, 2.45) is 11.8 Å². The third-order valence-electron chi connectivity index (χ3n) is 3.73. The summed E-state index contributed by atoms with van der Waals surface area (Å²) < 4.78 is 23.4. The third-order valence-corrected chi connectivity index (χ3v) is 6.41. The van der Waals surface area contributed by atoms with E-state index in [1.165, 1.54) is 19.3 Å². The Morgan fingerprint density at radius 2 is 1.80 bits per heavy atom. The van der Waals surface area contributed by atoms with Gasteiger partial charge in [0.15, 0.2) is 0 Å². The summed E-state index contributed by atoms with van der Waals surface area (Å²) in [5.74, 6) is 1.38. The Kier molecular flexibility index (Phi) is 3.54. The van der Waals surface area contributed by atoms with E-state index < -0.39 is 7.60 Å². The van der Waals surface area contributed by atoms with E-state index in [9.17, 15) is 4.57 Å². The fraction of sp³-hybridized carbons (Fsp3) is 1.00. The molecule has 0 radical (unpaired) electrons. The summed E-state index contributed by atoms with van der Waals surface area (Å²) in [6.45, 7) is 4.76. The van der Waals surface area contributed by atoms with Gasteiger partial charge in [0.2, 0.25) is 0 Å². The lowest BCUT2D eigenvalue weighted by Crippen LogP contribution is -2.20. The molecule has 0 N–H and O–H groups in total. The van der Waals surface area contributed by atoms with E-state index in [0.29, 0.717) is 19.1 Å². The predicted octanol–water partition coefficient (Wildman–Crippen LogP) is 3.44. The molecule has 0 saturated heterocycles. The summed E-state index contributed by atoms with van der Waals surface area (Å²) in [5, 5.41) is 0. The first-order valence-corrected chi connectivity index (χ1v) is 7.69. The van der Waals surface area contributed by atoms with E-state index in [2.05, 4.69) is 0 Å². The van der Waals surface area contributed by atoms with Crippen LogP contribution < -0.4 is 0 Å². The first-order chi connectivity index (χ1) is 7.19. The lowest BCUT2D eigenvalue weighted by atomic mass is 10.0. The highest BCUT2D eigenvalue weighted by atomic mass is 31.2. The van der Waals surface area contributed by atoms with Crippen LogP contribution in [0.2, 0.25) is 0 Å². The van der Waals surface area contributed by atoms with Gasteiger partial charge in [-0.25, -0.2) is 0 Å². The summed E-state index contributed by atoms with van der Waals surface area (Å²) >= 11 is 0. The van der Waals surface area contributed by atoms with Crippen LogP contribution in [0.5, 0.6) is 0 Å². The minimum atomic E-state index is -2.81. The largest absolute Gasteiger partial charge is 0.333 e. The molecule has 2 rings (SSSR count). The number of fused-ring (bicyclic) bond motifs is 2. The zero-order valence-electron chi connectivity index (χ0n) is 9.65. The number of hydrogen-bond donors (Lipinski definition) is 0. The molecule has 2 aliphatic rings. The highest BCUT2D eigenvalue weighted by molar-refractivity contribution is 7.54. The molecule has 15 heavy (non-hydrogen) atoms. The molecule has 0 aliphatic heterocycles. The Hall–Kier alpha value is 0.150. The van der Waals surface area contributed by atoms with Gasteiger partial charge in [-0.05, 0) is 44.9 Å². The van der Waals surface area contributed by atoms with Crippen LogP contribution in [-0.2, 0) is 13.6 Å². The van der Waals surface area contributed by atoms with Crippen LogP contribution in [0.1, 0.15) is 39.5 Å². The first-order valence-electron chi connectivity index (χ1n) is 6.08. The third kappa shape index (κ3) is 2.15. The summed E-state index contributed by atoms with van der Waals surface area (Å²) in [6, 6.07) is 0. The first kappa shape index (κ1) is 11.6. The van der Waals surface area contributed by atoms with Crippen LogP contribution in [0.3, 0.4) is 0 Å². The zero-order valence-corrected chi connectivity index (χ0v) is 10.5. The van der Waals surface area contributed by atoms with Gasteiger partial charge in [0.25, 0.3) is 0 Å². The average Bonchev–Trinajstić information content (AvgIpc) is 2.79. The molecule has 0 aromatic carbocycles. The zero-order chi connectivity index (χ0) is 10.9. The van der Waals surface area contributed by atoms with Crippen LogP contribution >= 0.6 is 7.60 Å². The van der Waals surface area contributed by atoms with Crippen LogP contribution in [0, 0.1) is 11.8 Å². The highest BCUT2D eigenvalue weighted by Gasteiger charge is 2.50. The Labute approximate surface area is 92.1 Å². The Balaban J connectivity index is 2.08. The van der Waals surface area contributed by atoms with Crippen molar-refractivity contribution in [3.63, 3.8) is 0 Å². The molecule has 2 bridgehead atoms. The minimum absolute atomic E-state index is 0.191. The molecule has 88 valence electrons. The summed E-state index contributed by atoms with van der Waals surface area (Å²) in [6.07, 6.45) is 4.84. The van der Waals surface area contributed by atoms with Gasteiger partial charge in [-0.1, -0.05) is 6.42 Å². The van der Waals surface area contributed by atoms with Gasteiger partial charge < -0.3 is 9.05 Å². The van der Waals surface area contributed by atoms with Crippen LogP contribution in [0.4, 0.5) is 0 Å². The van der Waals surface area contributed by atoms with Gasteiger partial charge in [-0.3, -0.25) is 4.57 Å². The maximum Gasteiger partial charge on any atom is 0.333 e. The highest BCUT2D eigenvalue weighted by Crippen LogP contribution is 2.64. The molecule has 0 aromatic heterocycles. The Bertz CT molecular complexity index is 257. The molecule has 2 saturated carbocycles.